The maximum Gasteiger partial charge on any atom is 0.405 e. The second-order valence-corrected chi connectivity index (χ2v) is 7.48. The molecule has 0 saturated carbocycles. The van der Waals surface area contributed by atoms with Gasteiger partial charge in [-0.3, -0.25) is 0 Å². The van der Waals surface area contributed by atoms with Gasteiger partial charge in [0.25, 0.3) is 0 Å². The van der Waals surface area contributed by atoms with Crippen LogP contribution in [0.3, 0.4) is 0 Å². The van der Waals surface area contributed by atoms with Crippen molar-refractivity contribution in [3.63, 3.8) is 0 Å². The summed E-state index contributed by atoms with van der Waals surface area (Å²) in [5.41, 5.74) is 0.111. The van der Waals surface area contributed by atoms with Gasteiger partial charge in [-0.2, -0.15) is 0 Å². The van der Waals surface area contributed by atoms with Crippen molar-refractivity contribution in [1.82, 2.24) is 5.09 Å². The molecule has 0 bridgehead atoms. The average molecular weight is 322 g/mol. The van der Waals surface area contributed by atoms with Crippen LogP contribution in [0.5, 0.6) is 0 Å². The normalized spacial score (nSPS) is 14.3. The van der Waals surface area contributed by atoms with E-state index in [9.17, 15) is 9.67 Å². The minimum absolute atomic E-state index is 0.122. The number of hydrogen-bond donors (Lipinski definition) is 2. The molecule has 0 aliphatic heterocycles. The van der Waals surface area contributed by atoms with Gasteiger partial charge in [0.2, 0.25) is 0 Å². The Morgan fingerprint density at radius 2 is 1.90 bits per heavy atom. The highest BCUT2D eigenvalue weighted by atomic mass is 35.5. The first kappa shape index (κ1) is 17.6. The third-order valence-corrected chi connectivity index (χ3v) is 5.05. The van der Waals surface area contributed by atoms with Gasteiger partial charge in [0.05, 0.1) is 12.6 Å². The Morgan fingerprint density at radius 3 is 2.35 bits per heavy atom. The summed E-state index contributed by atoms with van der Waals surface area (Å²) in [4.78, 5) is 0. The van der Waals surface area contributed by atoms with Crippen LogP contribution in [0.25, 0.3) is 0 Å². The number of halogens is 1. The molecule has 0 saturated heterocycles. The number of hydrogen-bond acceptors (Lipinski definition) is 4. The average Bonchev–Trinajstić information content (AvgIpc) is 2.45. The van der Waals surface area contributed by atoms with Gasteiger partial charge in [0.15, 0.2) is 0 Å². The highest BCUT2D eigenvalue weighted by Gasteiger charge is 2.37. The SMILES string of the molecule is COP(=O)(N[C@@H](c1ccccc1Cl)C(C)(C)CO)OC. The predicted molar refractivity (Wildman–Crippen MR) is 79.8 cm³/mol. The molecule has 2 N–H and O–H groups in total. The van der Waals surface area contributed by atoms with Crippen LogP contribution in [-0.4, -0.2) is 25.9 Å². The van der Waals surface area contributed by atoms with Gasteiger partial charge >= 0.3 is 7.75 Å². The predicted octanol–water partition coefficient (Wildman–Crippen LogP) is 3.39. The molecule has 0 aromatic heterocycles. The lowest BCUT2D eigenvalue weighted by atomic mass is 9.82. The summed E-state index contributed by atoms with van der Waals surface area (Å²) in [5.74, 6) is 0. The Balaban J connectivity index is 3.24. The quantitative estimate of drug-likeness (QED) is 0.753. The molecule has 0 fully saturated rings. The largest absolute Gasteiger partial charge is 0.405 e. The first-order valence-electron chi connectivity index (χ1n) is 6.14. The van der Waals surface area contributed by atoms with E-state index in [1.54, 1.807) is 12.1 Å². The van der Waals surface area contributed by atoms with Crippen LogP contribution in [0.1, 0.15) is 25.5 Å². The highest BCUT2D eigenvalue weighted by molar-refractivity contribution is 7.51. The number of aliphatic hydroxyl groups excluding tert-OH is 1. The smallest absolute Gasteiger partial charge is 0.396 e. The van der Waals surface area contributed by atoms with Crippen LogP contribution in [0.15, 0.2) is 24.3 Å². The molecular formula is C13H21ClNO4P. The third-order valence-electron chi connectivity index (χ3n) is 3.17. The van der Waals surface area contributed by atoms with Gasteiger partial charge in [0, 0.05) is 24.7 Å². The lowest BCUT2D eigenvalue weighted by molar-refractivity contribution is 0.119. The van der Waals surface area contributed by atoms with Crippen LogP contribution in [0, 0.1) is 5.41 Å². The number of benzene rings is 1. The zero-order valence-corrected chi connectivity index (χ0v) is 13.7. The molecule has 0 aliphatic carbocycles. The van der Waals surface area contributed by atoms with E-state index in [-0.39, 0.29) is 6.61 Å². The zero-order valence-electron chi connectivity index (χ0n) is 12.1. The van der Waals surface area contributed by atoms with E-state index >= 15 is 0 Å². The second-order valence-electron chi connectivity index (χ2n) is 5.09. The Bertz CT molecular complexity index is 487. The summed E-state index contributed by atoms with van der Waals surface area (Å²) in [6.45, 7) is 3.55. The summed E-state index contributed by atoms with van der Waals surface area (Å²) in [7, 11) is -0.855. The van der Waals surface area contributed by atoms with E-state index in [0.29, 0.717) is 5.02 Å². The van der Waals surface area contributed by atoms with Crippen molar-refractivity contribution in [2.45, 2.75) is 19.9 Å². The van der Waals surface area contributed by atoms with Crippen molar-refractivity contribution in [3.8, 4) is 0 Å². The summed E-state index contributed by atoms with van der Waals surface area (Å²) in [6, 6.07) is 6.69. The molecule has 0 amide bonds. The number of aliphatic hydroxyl groups is 1. The molecule has 0 aliphatic rings. The van der Waals surface area contributed by atoms with Gasteiger partial charge in [0.1, 0.15) is 0 Å². The summed E-state index contributed by atoms with van der Waals surface area (Å²) in [6.07, 6.45) is 0. The molecule has 0 heterocycles. The fourth-order valence-corrected chi connectivity index (χ4v) is 3.21. The maximum atomic E-state index is 12.3. The maximum absolute atomic E-state index is 12.3. The first-order chi connectivity index (χ1) is 9.29. The van der Waals surface area contributed by atoms with E-state index in [2.05, 4.69) is 5.09 Å². The van der Waals surface area contributed by atoms with Crippen molar-refractivity contribution in [2.75, 3.05) is 20.8 Å². The first-order valence-corrected chi connectivity index (χ1v) is 8.06. The summed E-state index contributed by atoms with van der Waals surface area (Å²) >= 11 is 6.20. The van der Waals surface area contributed by atoms with Gasteiger partial charge in [-0.15, -0.1) is 0 Å². The second kappa shape index (κ2) is 7.03. The van der Waals surface area contributed by atoms with Crippen molar-refractivity contribution in [3.05, 3.63) is 34.9 Å². The van der Waals surface area contributed by atoms with E-state index in [0.717, 1.165) is 5.56 Å². The van der Waals surface area contributed by atoms with Gasteiger partial charge in [-0.05, 0) is 11.6 Å². The molecule has 1 rings (SSSR count). The van der Waals surface area contributed by atoms with Gasteiger partial charge in [-0.25, -0.2) is 9.65 Å². The van der Waals surface area contributed by atoms with E-state index in [1.807, 2.05) is 26.0 Å². The van der Waals surface area contributed by atoms with Crippen LogP contribution in [-0.2, 0) is 13.6 Å². The fourth-order valence-electron chi connectivity index (χ4n) is 1.80. The van der Waals surface area contributed by atoms with E-state index in [4.69, 9.17) is 20.6 Å². The molecule has 1 atom stereocenters. The van der Waals surface area contributed by atoms with Gasteiger partial charge in [-0.1, -0.05) is 43.6 Å². The van der Waals surface area contributed by atoms with Crippen LogP contribution >= 0.6 is 19.3 Å². The van der Waals surface area contributed by atoms with Crippen molar-refractivity contribution >= 4 is 19.3 Å². The minimum atomic E-state index is -3.45. The lowest BCUT2D eigenvalue weighted by Crippen LogP contribution is -2.36. The number of rotatable bonds is 7. The van der Waals surface area contributed by atoms with E-state index < -0.39 is 19.2 Å². The molecule has 114 valence electrons. The zero-order chi connectivity index (χ0) is 15.4. The van der Waals surface area contributed by atoms with Crippen molar-refractivity contribution in [1.29, 1.82) is 0 Å². The Kier molecular flexibility index (Phi) is 6.20. The molecule has 1 aromatic rings. The molecular weight excluding hydrogens is 301 g/mol. The molecule has 0 spiro atoms. The standard InChI is InChI=1S/C13H21ClNO4P/c1-13(2,9-16)12(15-20(17,18-3)19-4)10-7-5-6-8-11(10)14/h5-8,12,16H,9H2,1-4H3,(H,15,17)/t12-/m0/s1. The van der Waals surface area contributed by atoms with Crippen molar-refractivity contribution in [2.24, 2.45) is 5.41 Å². The molecule has 1 aromatic carbocycles. The molecule has 5 nitrogen and oxygen atoms in total. The Hall–Kier alpha value is -0.420. The highest BCUT2D eigenvalue weighted by Crippen LogP contribution is 2.49. The molecule has 20 heavy (non-hydrogen) atoms. The third kappa shape index (κ3) is 4.04. The van der Waals surface area contributed by atoms with Gasteiger partial charge < -0.3 is 14.2 Å². The van der Waals surface area contributed by atoms with Crippen LogP contribution in [0.2, 0.25) is 5.02 Å². The topological polar surface area (TPSA) is 67.8 Å². The molecule has 0 unspecified atom stereocenters. The fraction of sp³-hybridized carbons (Fsp3) is 0.538. The molecule has 7 heteroatoms. The summed E-state index contributed by atoms with van der Waals surface area (Å²) < 4.78 is 22.2. The summed E-state index contributed by atoms with van der Waals surface area (Å²) in [5, 5.41) is 13.0. The minimum Gasteiger partial charge on any atom is -0.396 e. The number of nitrogens with one attached hydrogen (secondary N) is 1. The van der Waals surface area contributed by atoms with E-state index in [1.165, 1.54) is 14.2 Å². The van der Waals surface area contributed by atoms with Crippen LogP contribution < -0.4 is 5.09 Å². The Morgan fingerprint density at radius 1 is 1.35 bits per heavy atom. The van der Waals surface area contributed by atoms with Crippen LogP contribution in [0.4, 0.5) is 0 Å². The Labute approximate surface area is 124 Å². The molecule has 0 radical (unpaired) electrons. The lowest BCUT2D eigenvalue weighted by Gasteiger charge is -2.35. The van der Waals surface area contributed by atoms with Crippen molar-refractivity contribution < 1.29 is 18.7 Å². The monoisotopic (exact) mass is 321 g/mol.